The van der Waals surface area contributed by atoms with E-state index in [2.05, 4.69) is 30.4 Å². The molecule has 100 valence electrons. The minimum Gasteiger partial charge on any atom is -0.374 e. The maximum atomic E-state index is 12.1. The van der Waals surface area contributed by atoms with Crippen LogP contribution in [0.15, 0.2) is 0 Å². The first-order valence-electron chi connectivity index (χ1n) is 6.48. The second kappa shape index (κ2) is 5.34. The molecule has 1 aliphatic heterocycles. The fourth-order valence-corrected chi connectivity index (χ4v) is 3.41. The lowest BCUT2D eigenvalue weighted by molar-refractivity contribution is -0.00160. The first-order valence-corrected chi connectivity index (χ1v) is 7.65. The molecule has 0 radical (unpaired) electrons. The molecular weight excluding hydrogens is 236 g/mol. The third-order valence-electron chi connectivity index (χ3n) is 3.03. The van der Waals surface area contributed by atoms with Gasteiger partial charge in [0.1, 0.15) is 0 Å². The van der Waals surface area contributed by atoms with Crippen molar-refractivity contribution < 1.29 is 8.95 Å². The molecule has 17 heavy (non-hydrogen) atoms. The molecule has 1 unspecified atom stereocenters. The Labute approximate surface area is 107 Å². The highest BCUT2D eigenvalue weighted by atomic mass is 32.2. The zero-order chi connectivity index (χ0) is 12.5. The summed E-state index contributed by atoms with van der Waals surface area (Å²) >= 11 is 0. The van der Waals surface area contributed by atoms with E-state index in [0.29, 0.717) is 11.9 Å². The van der Waals surface area contributed by atoms with Crippen molar-refractivity contribution in [2.75, 3.05) is 26.2 Å². The summed E-state index contributed by atoms with van der Waals surface area (Å²) in [5.41, 5.74) is 0.112. The van der Waals surface area contributed by atoms with Crippen molar-refractivity contribution in [2.45, 2.75) is 50.5 Å². The van der Waals surface area contributed by atoms with Crippen LogP contribution in [0.2, 0.25) is 0 Å². The number of nitrogens with one attached hydrogen (secondary N) is 1. The molecule has 2 rings (SSSR count). The predicted molar refractivity (Wildman–Crippen MR) is 70.2 cm³/mol. The van der Waals surface area contributed by atoms with Gasteiger partial charge >= 0.3 is 0 Å². The van der Waals surface area contributed by atoms with Crippen molar-refractivity contribution >= 4 is 11.0 Å². The minimum absolute atomic E-state index is 0.112. The molecule has 1 saturated heterocycles. The van der Waals surface area contributed by atoms with Gasteiger partial charge < -0.3 is 10.1 Å². The van der Waals surface area contributed by atoms with E-state index in [-0.39, 0.29) is 11.6 Å². The summed E-state index contributed by atoms with van der Waals surface area (Å²) in [7, 11) is -0.767. The van der Waals surface area contributed by atoms with Gasteiger partial charge in [-0.2, -0.15) is 0 Å². The summed E-state index contributed by atoms with van der Waals surface area (Å²) in [4.78, 5) is 0. The molecule has 0 bridgehead atoms. The molecule has 0 amide bonds. The summed E-state index contributed by atoms with van der Waals surface area (Å²) < 4.78 is 19.9. The third-order valence-corrected chi connectivity index (χ3v) is 4.91. The van der Waals surface area contributed by atoms with Gasteiger partial charge in [0, 0.05) is 30.4 Å². The highest BCUT2D eigenvalue weighted by molar-refractivity contribution is 7.83. The van der Waals surface area contributed by atoms with Crippen LogP contribution >= 0.6 is 0 Å². The van der Waals surface area contributed by atoms with Crippen LogP contribution in [0.4, 0.5) is 0 Å². The number of morpholine rings is 1. The zero-order valence-electron chi connectivity index (χ0n) is 11.1. The SMILES string of the molecule is CC(C)(C)NC[C@H]1CN(S(=O)C2CC2)CCO1. The van der Waals surface area contributed by atoms with Crippen molar-refractivity contribution in [2.24, 2.45) is 0 Å². The summed E-state index contributed by atoms with van der Waals surface area (Å²) in [6.07, 6.45) is 2.44. The van der Waals surface area contributed by atoms with Gasteiger partial charge in [0.2, 0.25) is 0 Å². The number of ether oxygens (including phenoxy) is 1. The van der Waals surface area contributed by atoms with E-state index in [1.165, 1.54) is 0 Å². The minimum atomic E-state index is -0.767. The number of hydrogen-bond donors (Lipinski definition) is 1. The molecule has 0 aromatic rings. The highest BCUT2D eigenvalue weighted by Crippen LogP contribution is 2.28. The van der Waals surface area contributed by atoms with E-state index in [1.54, 1.807) is 0 Å². The second-order valence-corrected chi connectivity index (χ2v) is 7.72. The van der Waals surface area contributed by atoms with Gasteiger partial charge in [0.15, 0.2) is 0 Å². The Hall–Kier alpha value is 0.0300. The van der Waals surface area contributed by atoms with E-state index < -0.39 is 11.0 Å². The zero-order valence-corrected chi connectivity index (χ0v) is 11.9. The monoisotopic (exact) mass is 260 g/mol. The third kappa shape index (κ3) is 4.32. The topological polar surface area (TPSA) is 41.6 Å². The van der Waals surface area contributed by atoms with Crippen molar-refractivity contribution in [1.82, 2.24) is 9.62 Å². The molecular formula is C12H24N2O2S. The number of rotatable bonds is 4. The molecule has 1 aliphatic carbocycles. The fourth-order valence-electron chi connectivity index (χ4n) is 1.88. The number of hydrogen-bond acceptors (Lipinski definition) is 3. The van der Waals surface area contributed by atoms with Crippen LogP contribution in [0.25, 0.3) is 0 Å². The van der Waals surface area contributed by atoms with Gasteiger partial charge in [0.25, 0.3) is 0 Å². The lowest BCUT2D eigenvalue weighted by atomic mass is 10.1. The Bertz CT molecular complexity index is 287. The van der Waals surface area contributed by atoms with Crippen LogP contribution in [0.3, 0.4) is 0 Å². The molecule has 4 nitrogen and oxygen atoms in total. The molecule has 0 aromatic heterocycles. The Morgan fingerprint density at radius 2 is 2.12 bits per heavy atom. The van der Waals surface area contributed by atoms with E-state index in [4.69, 9.17) is 4.74 Å². The van der Waals surface area contributed by atoms with Gasteiger partial charge in [-0.05, 0) is 33.6 Å². The molecule has 2 atom stereocenters. The average molecular weight is 260 g/mol. The Morgan fingerprint density at radius 3 is 2.71 bits per heavy atom. The molecule has 0 aromatic carbocycles. The van der Waals surface area contributed by atoms with E-state index in [0.717, 1.165) is 32.5 Å². The summed E-state index contributed by atoms with van der Waals surface area (Å²) in [6, 6.07) is 0. The highest BCUT2D eigenvalue weighted by Gasteiger charge is 2.35. The van der Waals surface area contributed by atoms with Gasteiger partial charge in [-0.15, -0.1) is 0 Å². The molecule has 1 N–H and O–H groups in total. The first-order chi connectivity index (χ1) is 7.96. The smallest absolute Gasteiger partial charge is 0.0975 e. The molecule has 1 saturated carbocycles. The van der Waals surface area contributed by atoms with E-state index in [1.807, 2.05) is 0 Å². The van der Waals surface area contributed by atoms with E-state index >= 15 is 0 Å². The Morgan fingerprint density at radius 1 is 1.41 bits per heavy atom. The molecule has 1 heterocycles. The van der Waals surface area contributed by atoms with Crippen LogP contribution in [0, 0.1) is 0 Å². The number of nitrogens with zero attached hydrogens (tertiary/aromatic N) is 1. The quantitative estimate of drug-likeness (QED) is 0.816. The van der Waals surface area contributed by atoms with Gasteiger partial charge in [0.05, 0.1) is 23.7 Å². The second-order valence-electron chi connectivity index (χ2n) is 5.99. The van der Waals surface area contributed by atoms with Crippen LogP contribution in [-0.4, -0.2) is 51.6 Å². The van der Waals surface area contributed by atoms with E-state index in [9.17, 15) is 4.21 Å². The van der Waals surface area contributed by atoms with Crippen molar-refractivity contribution in [3.8, 4) is 0 Å². The first kappa shape index (κ1) is 13.5. The predicted octanol–water partition coefficient (Wildman–Crippen LogP) is 0.901. The largest absolute Gasteiger partial charge is 0.374 e. The molecule has 2 aliphatic rings. The summed E-state index contributed by atoms with van der Waals surface area (Å²) in [5.74, 6) is 0. The van der Waals surface area contributed by atoms with Crippen LogP contribution in [-0.2, 0) is 15.7 Å². The standard InChI is InChI=1S/C12H24N2O2S/c1-12(2,3)13-8-10-9-14(6-7-16-10)17(15)11-4-5-11/h10-11,13H,4-9H2,1-3H3/t10-,17?/m0/s1. The summed E-state index contributed by atoms with van der Waals surface area (Å²) in [6.45, 7) is 9.60. The van der Waals surface area contributed by atoms with Crippen molar-refractivity contribution in [3.63, 3.8) is 0 Å². The normalized spacial score (nSPS) is 29.2. The van der Waals surface area contributed by atoms with Gasteiger partial charge in [-0.25, -0.2) is 8.51 Å². The van der Waals surface area contributed by atoms with Crippen molar-refractivity contribution in [3.05, 3.63) is 0 Å². The Balaban J connectivity index is 1.78. The maximum absolute atomic E-state index is 12.1. The van der Waals surface area contributed by atoms with Gasteiger partial charge in [-0.1, -0.05) is 0 Å². The van der Waals surface area contributed by atoms with Crippen LogP contribution in [0.5, 0.6) is 0 Å². The maximum Gasteiger partial charge on any atom is 0.0975 e. The molecule has 5 heteroatoms. The fraction of sp³-hybridized carbons (Fsp3) is 1.00. The molecule has 2 fully saturated rings. The lowest BCUT2D eigenvalue weighted by Crippen LogP contribution is -2.50. The lowest BCUT2D eigenvalue weighted by Gasteiger charge is -2.33. The van der Waals surface area contributed by atoms with Gasteiger partial charge in [-0.3, -0.25) is 0 Å². The van der Waals surface area contributed by atoms with Crippen molar-refractivity contribution in [1.29, 1.82) is 0 Å². The average Bonchev–Trinajstić information content (AvgIpc) is 3.09. The Kier molecular flexibility index (Phi) is 4.23. The van der Waals surface area contributed by atoms with Crippen LogP contribution < -0.4 is 5.32 Å². The summed E-state index contributed by atoms with van der Waals surface area (Å²) in [5, 5.41) is 3.88. The van der Waals surface area contributed by atoms with Crippen LogP contribution in [0.1, 0.15) is 33.6 Å². The molecule has 0 spiro atoms.